The van der Waals surface area contributed by atoms with Crippen LogP contribution in [0.4, 0.5) is 6.01 Å². The fourth-order valence-corrected chi connectivity index (χ4v) is 2.23. The molecular formula is C12H9ClN2O4. The topological polar surface area (TPSA) is 83.6 Å². The van der Waals surface area contributed by atoms with Crippen LogP contribution >= 0.6 is 11.6 Å². The number of carbonyl (C=O) groups excluding carboxylic acids is 1. The molecule has 98 valence electrons. The number of carboxylic acid groups (broad SMARTS) is 1. The van der Waals surface area contributed by atoms with E-state index < -0.39 is 11.9 Å². The largest absolute Gasteiger partial charge is 0.481 e. The quantitative estimate of drug-likeness (QED) is 0.908. The average molecular weight is 281 g/mol. The first kappa shape index (κ1) is 12.0. The van der Waals surface area contributed by atoms with Crippen molar-refractivity contribution in [1.29, 1.82) is 0 Å². The lowest BCUT2D eigenvalue weighted by atomic mass is 10.1. The Morgan fingerprint density at radius 2 is 2.32 bits per heavy atom. The maximum Gasteiger partial charge on any atom is 0.308 e. The van der Waals surface area contributed by atoms with E-state index in [1.165, 1.54) is 4.90 Å². The Morgan fingerprint density at radius 3 is 3.00 bits per heavy atom. The van der Waals surface area contributed by atoms with Gasteiger partial charge in [0, 0.05) is 18.0 Å². The summed E-state index contributed by atoms with van der Waals surface area (Å²) in [5.74, 6) is -2.01. The highest BCUT2D eigenvalue weighted by atomic mass is 35.5. The van der Waals surface area contributed by atoms with Gasteiger partial charge in [-0.2, -0.15) is 4.98 Å². The van der Waals surface area contributed by atoms with Crippen molar-refractivity contribution in [2.45, 2.75) is 6.42 Å². The number of halogens is 1. The van der Waals surface area contributed by atoms with E-state index in [1.54, 1.807) is 18.2 Å². The second-order valence-electron chi connectivity index (χ2n) is 4.35. The first-order valence-corrected chi connectivity index (χ1v) is 6.01. The van der Waals surface area contributed by atoms with Crippen LogP contribution in [0.15, 0.2) is 22.6 Å². The minimum atomic E-state index is -0.991. The van der Waals surface area contributed by atoms with Crippen molar-refractivity contribution < 1.29 is 19.1 Å². The molecule has 1 amide bonds. The van der Waals surface area contributed by atoms with E-state index in [0.29, 0.717) is 16.1 Å². The van der Waals surface area contributed by atoms with E-state index in [0.717, 1.165) is 0 Å². The summed E-state index contributed by atoms with van der Waals surface area (Å²) >= 11 is 5.84. The van der Waals surface area contributed by atoms with Crippen molar-refractivity contribution in [3.63, 3.8) is 0 Å². The predicted molar refractivity (Wildman–Crippen MR) is 67.1 cm³/mol. The highest BCUT2D eigenvalue weighted by molar-refractivity contribution is 6.31. The van der Waals surface area contributed by atoms with Gasteiger partial charge in [-0.25, -0.2) is 0 Å². The van der Waals surface area contributed by atoms with Crippen LogP contribution in [0.2, 0.25) is 5.02 Å². The molecule has 0 spiro atoms. The molecule has 1 aliphatic heterocycles. The molecule has 1 atom stereocenters. The van der Waals surface area contributed by atoms with Gasteiger partial charge in [-0.1, -0.05) is 11.6 Å². The molecule has 2 aromatic rings. The fourth-order valence-electron chi connectivity index (χ4n) is 2.06. The summed E-state index contributed by atoms with van der Waals surface area (Å²) in [6.45, 7) is 0.0781. The summed E-state index contributed by atoms with van der Waals surface area (Å²) in [4.78, 5) is 28.1. The molecule has 1 fully saturated rings. The molecule has 7 heteroatoms. The Morgan fingerprint density at radius 1 is 1.53 bits per heavy atom. The van der Waals surface area contributed by atoms with Crippen LogP contribution in [-0.2, 0) is 9.59 Å². The van der Waals surface area contributed by atoms with Gasteiger partial charge in [-0.05, 0) is 18.2 Å². The second-order valence-corrected chi connectivity index (χ2v) is 4.79. The lowest BCUT2D eigenvalue weighted by molar-refractivity contribution is -0.141. The van der Waals surface area contributed by atoms with Crippen molar-refractivity contribution in [3.8, 4) is 0 Å². The minimum Gasteiger partial charge on any atom is -0.481 e. The van der Waals surface area contributed by atoms with Gasteiger partial charge in [-0.15, -0.1) is 0 Å². The van der Waals surface area contributed by atoms with Crippen LogP contribution in [0.3, 0.4) is 0 Å². The minimum absolute atomic E-state index is 0.0329. The standard InChI is InChI=1S/C12H9ClN2O4/c13-7-1-2-9-8(4-7)14-12(19-9)15-5-6(11(17)18)3-10(15)16/h1-2,4,6H,3,5H2,(H,17,18). The molecule has 6 nitrogen and oxygen atoms in total. The van der Waals surface area contributed by atoms with Crippen LogP contribution in [0, 0.1) is 5.92 Å². The number of rotatable bonds is 2. The fraction of sp³-hybridized carbons (Fsp3) is 0.250. The molecule has 3 rings (SSSR count). The van der Waals surface area contributed by atoms with Gasteiger partial charge in [0.15, 0.2) is 5.58 Å². The Hall–Kier alpha value is -2.08. The number of fused-ring (bicyclic) bond motifs is 1. The predicted octanol–water partition coefficient (Wildman–Crippen LogP) is 1.92. The number of nitrogens with zero attached hydrogens (tertiary/aromatic N) is 2. The summed E-state index contributed by atoms with van der Waals surface area (Å²) < 4.78 is 5.45. The summed E-state index contributed by atoms with van der Waals surface area (Å²) in [5, 5.41) is 9.44. The van der Waals surface area contributed by atoms with Gasteiger partial charge in [0.25, 0.3) is 0 Å². The number of amides is 1. The molecule has 0 aliphatic carbocycles. The van der Waals surface area contributed by atoms with Crippen molar-refractivity contribution >= 4 is 40.6 Å². The van der Waals surface area contributed by atoms with E-state index in [1.807, 2.05) is 0 Å². The molecule has 1 aromatic carbocycles. The van der Waals surface area contributed by atoms with E-state index in [2.05, 4.69) is 4.98 Å². The van der Waals surface area contributed by atoms with Crippen LogP contribution in [0.5, 0.6) is 0 Å². The zero-order chi connectivity index (χ0) is 13.6. The summed E-state index contributed by atoms with van der Waals surface area (Å²) in [6, 6.07) is 5.05. The van der Waals surface area contributed by atoms with Crippen LogP contribution < -0.4 is 4.90 Å². The maximum atomic E-state index is 11.8. The molecule has 0 saturated carbocycles. The monoisotopic (exact) mass is 280 g/mol. The Labute approximate surface area is 112 Å². The van der Waals surface area contributed by atoms with Crippen LogP contribution in [0.1, 0.15) is 6.42 Å². The Bertz CT molecular complexity index is 681. The summed E-state index contributed by atoms with van der Waals surface area (Å²) in [5.41, 5.74) is 1.04. The Balaban J connectivity index is 1.96. The molecule has 1 N–H and O–H groups in total. The number of carbonyl (C=O) groups is 2. The molecule has 0 bridgehead atoms. The van der Waals surface area contributed by atoms with Crippen molar-refractivity contribution in [2.75, 3.05) is 11.4 Å². The lowest BCUT2D eigenvalue weighted by Gasteiger charge is -2.09. The third-order valence-electron chi connectivity index (χ3n) is 3.04. The van der Waals surface area contributed by atoms with Crippen LogP contribution in [0.25, 0.3) is 11.1 Å². The van der Waals surface area contributed by atoms with E-state index in [-0.39, 0.29) is 24.9 Å². The number of anilines is 1. The number of benzene rings is 1. The molecule has 1 aliphatic rings. The lowest BCUT2D eigenvalue weighted by Crippen LogP contribution is -2.25. The number of carboxylic acids is 1. The first-order valence-electron chi connectivity index (χ1n) is 5.64. The van der Waals surface area contributed by atoms with Crippen molar-refractivity contribution in [1.82, 2.24) is 4.98 Å². The van der Waals surface area contributed by atoms with Gasteiger partial charge in [0.1, 0.15) is 5.52 Å². The normalized spacial score (nSPS) is 19.3. The maximum absolute atomic E-state index is 11.8. The number of hydrogen-bond donors (Lipinski definition) is 1. The smallest absolute Gasteiger partial charge is 0.308 e. The number of aromatic nitrogens is 1. The molecule has 2 heterocycles. The number of oxazole rings is 1. The summed E-state index contributed by atoms with van der Waals surface area (Å²) in [6.07, 6.45) is -0.0329. The zero-order valence-corrected chi connectivity index (χ0v) is 10.4. The molecule has 1 aromatic heterocycles. The number of hydrogen-bond acceptors (Lipinski definition) is 4. The first-order chi connectivity index (χ1) is 9.04. The SMILES string of the molecule is O=C(O)C1CC(=O)N(c2nc3cc(Cl)ccc3o2)C1. The van der Waals surface area contributed by atoms with Crippen LogP contribution in [-0.4, -0.2) is 28.5 Å². The van der Waals surface area contributed by atoms with E-state index in [4.69, 9.17) is 21.1 Å². The molecule has 1 unspecified atom stereocenters. The molecule has 19 heavy (non-hydrogen) atoms. The van der Waals surface area contributed by atoms with Crippen molar-refractivity contribution in [2.24, 2.45) is 5.92 Å². The van der Waals surface area contributed by atoms with Gasteiger partial charge in [-0.3, -0.25) is 14.5 Å². The molecule has 1 saturated heterocycles. The van der Waals surface area contributed by atoms with Gasteiger partial charge in [0.05, 0.1) is 5.92 Å². The molecule has 0 radical (unpaired) electrons. The van der Waals surface area contributed by atoms with Gasteiger partial charge in [0.2, 0.25) is 5.91 Å². The van der Waals surface area contributed by atoms with E-state index >= 15 is 0 Å². The third kappa shape index (κ3) is 2.04. The van der Waals surface area contributed by atoms with Gasteiger partial charge < -0.3 is 9.52 Å². The Kier molecular flexibility index (Phi) is 2.67. The molecular weight excluding hydrogens is 272 g/mol. The second kappa shape index (κ2) is 4.24. The number of aliphatic carboxylic acids is 1. The average Bonchev–Trinajstić information content (AvgIpc) is 2.91. The zero-order valence-electron chi connectivity index (χ0n) is 9.67. The van der Waals surface area contributed by atoms with Gasteiger partial charge >= 0.3 is 12.0 Å². The van der Waals surface area contributed by atoms with Crippen molar-refractivity contribution in [3.05, 3.63) is 23.2 Å². The highest BCUT2D eigenvalue weighted by Crippen LogP contribution is 2.29. The highest BCUT2D eigenvalue weighted by Gasteiger charge is 2.37. The summed E-state index contributed by atoms with van der Waals surface area (Å²) in [7, 11) is 0. The third-order valence-corrected chi connectivity index (χ3v) is 3.28. The van der Waals surface area contributed by atoms with E-state index in [9.17, 15) is 9.59 Å².